The molecule has 24 nitrogen and oxygen atoms in total. The van der Waals surface area contributed by atoms with Crippen LogP contribution in [0.3, 0.4) is 0 Å². The first-order valence-corrected chi connectivity index (χ1v) is 30.3. The predicted molar refractivity (Wildman–Crippen MR) is 367 cm³/mol. The van der Waals surface area contributed by atoms with E-state index in [1.54, 1.807) is 113 Å². The van der Waals surface area contributed by atoms with Gasteiger partial charge in [-0.25, -0.2) is 14.4 Å². The van der Waals surface area contributed by atoms with Gasteiger partial charge in [0, 0.05) is 62.7 Å². The van der Waals surface area contributed by atoms with Crippen LogP contribution in [0, 0.1) is 0 Å². The monoisotopic (exact) mass is 1290 g/mol. The average Bonchev–Trinajstić information content (AvgIpc) is 1.65. The number of aromatic amines is 3. The number of H-pyrrole nitrogens is 3. The molecular weight excluding hydrogens is 1220 g/mol. The maximum absolute atomic E-state index is 12.5. The van der Waals surface area contributed by atoms with Crippen LogP contribution < -0.4 is 24.3 Å². The summed E-state index contributed by atoms with van der Waals surface area (Å²) in [6, 6.07) is 29.2. The van der Waals surface area contributed by atoms with Crippen LogP contribution >= 0.6 is 0 Å². The first kappa shape index (κ1) is 66.3. The van der Waals surface area contributed by atoms with E-state index in [-0.39, 0.29) is 11.5 Å². The van der Waals surface area contributed by atoms with Crippen LogP contribution in [0.25, 0.3) is 92.2 Å². The van der Waals surface area contributed by atoms with Gasteiger partial charge in [0.05, 0.1) is 114 Å². The van der Waals surface area contributed by atoms with Crippen molar-refractivity contribution in [3.63, 3.8) is 0 Å². The Hall–Kier alpha value is -12.6. The maximum Gasteiger partial charge on any atom is 0.341 e. The van der Waals surface area contributed by atoms with Crippen LogP contribution in [0.5, 0.6) is 23.0 Å². The second-order valence-electron chi connectivity index (χ2n) is 21.0. The molecule has 12 aromatic rings. The van der Waals surface area contributed by atoms with Crippen molar-refractivity contribution in [2.45, 2.75) is 32.7 Å². The topological polar surface area (TPSA) is 311 Å². The highest BCUT2D eigenvalue weighted by Crippen LogP contribution is 2.37. The number of carbonyl (C=O) groups excluding carboxylic acids is 3. The number of hydrogen-bond donors (Lipinski definition) is 5. The summed E-state index contributed by atoms with van der Waals surface area (Å²) < 4.78 is 33.8. The van der Waals surface area contributed by atoms with Crippen LogP contribution in [0.1, 0.15) is 113 Å². The van der Waals surface area contributed by atoms with Gasteiger partial charge < -0.3 is 38.8 Å². The molecule has 13 rings (SSSR count). The zero-order valence-electron chi connectivity index (χ0n) is 53.4. The van der Waals surface area contributed by atoms with E-state index < -0.39 is 17.9 Å². The van der Waals surface area contributed by atoms with Crippen molar-refractivity contribution in [1.82, 2.24) is 65.6 Å². The third kappa shape index (κ3) is 15.6. The van der Waals surface area contributed by atoms with E-state index in [0.717, 1.165) is 79.4 Å². The fraction of sp³-hybridized carbons (Fsp3) is 0.167. The number of aromatic nitrogens is 12. The molecule has 0 atom stereocenters. The number of benzene rings is 4. The Labute approximate surface area is 550 Å². The third-order valence-electron chi connectivity index (χ3n) is 14.9. The van der Waals surface area contributed by atoms with Gasteiger partial charge in [-0.15, -0.1) is 0 Å². The normalized spacial score (nSPS) is 11.9. The summed E-state index contributed by atoms with van der Waals surface area (Å²) in [6.45, 7) is 4.15. The molecule has 1 aliphatic carbocycles. The number of hydrogen-bond acceptors (Lipinski definition) is 18. The molecule has 0 radical (unpaired) electrons. The van der Waals surface area contributed by atoms with Crippen LogP contribution in [-0.2, 0) is 16.5 Å². The molecule has 96 heavy (non-hydrogen) atoms. The van der Waals surface area contributed by atoms with Crippen molar-refractivity contribution in [1.29, 1.82) is 0 Å². The van der Waals surface area contributed by atoms with Crippen LogP contribution in [0.2, 0.25) is 0 Å². The molecule has 1 amide bonds. The molecule has 0 bridgehead atoms. The van der Waals surface area contributed by atoms with Crippen LogP contribution in [0.4, 0.5) is 0 Å². The van der Waals surface area contributed by atoms with E-state index in [4.69, 9.17) is 28.4 Å². The number of carboxylic acid groups (broad SMARTS) is 1. The standard InChI is InChI=1S/C19H18N4O2.C19H19N3O3.C18H17N3O3.C16H13N3O3/c1-25-18-14(19(24)21-13-3-4-13)5-7-16-17(18)15(22-23-16)6-2-12-8-10-20-11-9-12;1-4-25-19(23)14-6-8-16-17(18(14)24-3)15(21-22(16)2)7-5-13-9-11-20-12-10-13;1-3-24-18(22)13-5-7-15-16(17(13)23-2)14(20-21-15)6-4-12-8-10-19-11-9-12;1-22-15-11(16(20)21)3-5-13-14(15)12(18-19-13)4-2-10-6-8-17-9-7-10/h2,5-11,13H,3-4H2,1H3,(H,21,24)(H,22,23);5-12H,4H2,1-3H3;4-11H,3H2,1-2H3,(H,20,21);2-9H,1H3,(H,18,19)(H,20,21)/b6-2+;7-5+;6-4+;4-2+. The minimum Gasteiger partial charge on any atom is -0.495 e. The fourth-order valence-corrected chi connectivity index (χ4v) is 10.2. The Morgan fingerprint density at radius 3 is 1.19 bits per heavy atom. The van der Waals surface area contributed by atoms with E-state index in [1.165, 1.54) is 20.3 Å². The first-order chi connectivity index (χ1) is 46.9. The van der Waals surface area contributed by atoms with Gasteiger partial charge in [-0.1, -0.05) is 24.3 Å². The number of pyridine rings is 4. The van der Waals surface area contributed by atoms with Gasteiger partial charge in [0.1, 0.15) is 39.7 Å². The summed E-state index contributed by atoms with van der Waals surface area (Å²) in [5.41, 5.74) is 11.4. The highest BCUT2D eigenvalue weighted by Gasteiger charge is 2.27. The predicted octanol–water partition coefficient (Wildman–Crippen LogP) is 12.5. The van der Waals surface area contributed by atoms with E-state index in [2.05, 4.69) is 60.9 Å². The minimum absolute atomic E-state index is 0.105. The van der Waals surface area contributed by atoms with E-state index in [1.807, 2.05) is 116 Å². The number of aromatic carboxylic acids is 1. The molecule has 1 aliphatic rings. The minimum atomic E-state index is -1.04. The summed E-state index contributed by atoms with van der Waals surface area (Å²) in [5.74, 6) is -0.203. The molecule has 1 saturated carbocycles. The van der Waals surface area contributed by atoms with E-state index in [9.17, 15) is 24.3 Å². The summed E-state index contributed by atoms with van der Waals surface area (Å²) in [6.07, 6.45) is 31.2. The lowest BCUT2D eigenvalue weighted by Crippen LogP contribution is -2.25. The molecule has 4 aromatic carbocycles. The Kier molecular flexibility index (Phi) is 21.8. The number of amides is 1. The number of ether oxygens (including phenoxy) is 6. The Morgan fingerprint density at radius 1 is 0.469 bits per heavy atom. The molecule has 8 heterocycles. The van der Waals surface area contributed by atoms with Crippen molar-refractivity contribution in [2.24, 2.45) is 7.05 Å². The smallest absolute Gasteiger partial charge is 0.341 e. The first-order valence-electron chi connectivity index (χ1n) is 30.3. The second kappa shape index (κ2) is 31.6. The van der Waals surface area contributed by atoms with Crippen LogP contribution in [-0.4, -0.2) is 137 Å². The van der Waals surface area contributed by atoms with Gasteiger partial charge in [0.15, 0.2) is 0 Å². The van der Waals surface area contributed by atoms with Gasteiger partial charge >= 0.3 is 17.9 Å². The molecule has 0 aliphatic heterocycles. The van der Waals surface area contributed by atoms with Gasteiger partial charge in [0.2, 0.25) is 0 Å². The summed E-state index contributed by atoms with van der Waals surface area (Å²) in [7, 11) is 7.95. The Bertz CT molecular complexity index is 4830. The lowest BCUT2D eigenvalue weighted by molar-refractivity contribution is 0.0513. The molecule has 8 aromatic heterocycles. The van der Waals surface area contributed by atoms with Crippen molar-refractivity contribution in [3.8, 4) is 23.0 Å². The van der Waals surface area contributed by atoms with Gasteiger partial charge in [-0.2, -0.15) is 20.4 Å². The fourth-order valence-electron chi connectivity index (χ4n) is 10.2. The molecule has 1 fully saturated rings. The number of carboxylic acids is 1. The van der Waals surface area contributed by atoms with Crippen LogP contribution in [0.15, 0.2) is 147 Å². The highest BCUT2D eigenvalue weighted by atomic mass is 16.5. The maximum atomic E-state index is 12.5. The summed E-state index contributed by atoms with van der Waals surface area (Å²) in [4.78, 5) is 64.1. The molecule has 24 heteroatoms. The number of fused-ring (bicyclic) bond motifs is 4. The molecule has 0 spiro atoms. The number of nitrogens with zero attached hydrogens (tertiary/aromatic N) is 9. The Morgan fingerprint density at radius 2 is 0.812 bits per heavy atom. The quantitative estimate of drug-likeness (QED) is 0.0470. The number of rotatable bonds is 19. The average molecular weight is 1290 g/mol. The highest BCUT2D eigenvalue weighted by molar-refractivity contribution is 6.07. The summed E-state index contributed by atoms with van der Waals surface area (Å²) >= 11 is 0. The largest absolute Gasteiger partial charge is 0.495 e. The lowest BCUT2D eigenvalue weighted by Gasteiger charge is -2.10. The van der Waals surface area contributed by atoms with Crippen molar-refractivity contribution in [2.75, 3.05) is 41.7 Å². The Balaban J connectivity index is 0.000000139. The van der Waals surface area contributed by atoms with Crippen molar-refractivity contribution >= 4 is 116 Å². The molecule has 5 N–H and O–H groups in total. The zero-order valence-corrected chi connectivity index (χ0v) is 53.4. The molecular formula is C72H67N13O11. The molecule has 0 unspecified atom stereocenters. The van der Waals surface area contributed by atoms with E-state index >= 15 is 0 Å². The van der Waals surface area contributed by atoms with Gasteiger partial charge in [-0.3, -0.25) is 44.7 Å². The number of esters is 2. The lowest BCUT2D eigenvalue weighted by atomic mass is 10.1. The van der Waals surface area contributed by atoms with Gasteiger partial charge in [-0.05, 0) is 170 Å². The van der Waals surface area contributed by atoms with Crippen molar-refractivity contribution in [3.05, 3.63) is 214 Å². The zero-order chi connectivity index (χ0) is 67.5. The third-order valence-corrected chi connectivity index (χ3v) is 14.9. The molecule has 486 valence electrons. The van der Waals surface area contributed by atoms with Gasteiger partial charge in [0.25, 0.3) is 5.91 Å². The second-order valence-corrected chi connectivity index (χ2v) is 21.0. The molecule has 0 saturated heterocycles. The SMILES string of the molecule is CCOC(=O)c1ccc2c(c(/C=C/c3ccncc3)nn2C)c1OC.CCOC(=O)c1ccc2n[nH]c(/C=C/c3ccncc3)c2c1OC.COc1c(C(=O)NC2CC2)ccc2n[nH]c(/C=C/c3ccncc3)c12.COc1c(C(=O)O)ccc2n[nH]c(/C=C/c3ccncc3)c12. The summed E-state index contributed by atoms with van der Waals surface area (Å²) in [5, 5.41) is 41.4. The number of methoxy groups -OCH3 is 4. The van der Waals surface area contributed by atoms with Crippen molar-refractivity contribution < 1.29 is 52.7 Å². The number of carbonyl (C=O) groups is 4. The van der Waals surface area contributed by atoms with E-state index in [0.29, 0.717) is 81.1 Å². The number of aryl methyl sites for hydroxylation is 1. The number of nitrogens with one attached hydrogen (secondary N) is 4.